The van der Waals surface area contributed by atoms with E-state index in [1.807, 2.05) is 73.7 Å². The van der Waals surface area contributed by atoms with E-state index in [9.17, 15) is 0 Å². The zero-order valence-corrected chi connectivity index (χ0v) is 14.3. The zero-order chi connectivity index (χ0) is 17.5. The van der Waals surface area contributed by atoms with Gasteiger partial charge in [-0.2, -0.15) is 0 Å². The third-order valence-electron chi connectivity index (χ3n) is 3.77. The van der Waals surface area contributed by atoms with Crippen LogP contribution in [0.25, 0.3) is 0 Å². The first kappa shape index (κ1) is 17.0. The van der Waals surface area contributed by atoms with Crippen molar-refractivity contribution in [3.63, 3.8) is 0 Å². The average molecular weight is 334 g/mol. The van der Waals surface area contributed by atoms with Crippen LogP contribution in [0, 0.1) is 0 Å². The summed E-state index contributed by atoms with van der Waals surface area (Å²) in [6, 6.07) is 21.7. The molecule has 1 heterocycles. The molecule has 0 aliphatic rings. The van der Waals surface area contributed by atoms with Gasteiger partial charge in [0.05, 0.1) is 11.9 Å². The number of hydrogen-bond acceptors (Lipinski definition) is 4. The van der Waals surface area contributed by atoms with Gasteiger partial charge in [-0.05, 0) is 18.1 Å². The molecule has 0 amide bonds. The number of ether oxygens (including phenoxy) is 2. The summed E-state index contributed by atoms with van der Waals surface area (Å²) in [4.78, 5) is 4.43. The smallest absolute Gasteiger partial charge is 0.146 e. The summed E-state index contributed by atoms with van der Waals surface area (Å²) in [7, 11) is 0. The summed E-state index contributed by atoms with van der Waals surface area (Å²) < 4.78 is 11.8. The molecule has 3 aromatic rings. The number of rotatable bonds is 7. The van der Waals surface area contributed by atoms with Crippen LogP contribution in [0.3, 0.4) is 0 Å². The standard InChI is InChI=1S/C21H22N2O2/c1-16(22)21-20(25-15-18-10-6-3-7-11-18)12-19(13-23-21)24-14-17-8-4-2-5-9-17/h2-13,16H,14-15,22H2,1H3. The van der Waals surface area contributed by atoms with Crippen LogP contribution >= 0.6 is 0 Å². The van der Waals surface area contributed by atoms with Crippen LogP contribution in [0.15, 0.2) is 72.9 Å². The maximum Gasteiger partial charge on any atom is 0.146 e. The van der Waals surface area contributed by atoms with Crippen LogP contribution < -0.4 is 15.2 Å². The Kier molecular flexibility index (Phi) is 5.65. The van der Waals surface area contributed by atoms with Gasteiger partial charge in [-0.25, -0.2) is 0 Å². The van der Waals surface area contributed by atoms with E-state index in [1.165, 1.54) is 0 Å². The van der Waals surface area contributed by atoms with Crippen molar-refractivity contribution < 1.29 is 9.47 Å². The van der Waals surface area contributed by atoms with Gasteiger partial charge in [-0.3, -0.25) is 4.98 Å². The minimum absolute atomic E-state index is 0.214. The Bertz CT molecular complexity index is 790. The fourth-order valence-electron chi connectivity index (χ4n) is 2.45. The summed E-state index contributed by atoms with van der Waals surface area (Å²) in [6.07, 6.45) is 1.69. The van der Waals surface area contributed by atoms with E-state index in [-0.39, 0.29) is 6.04 Å². The number of benzene rings is 2. The van der Waals surface area contributed by atoms with Crippen molar-refractivity contribution in [2.45, 2.75) is 26.2 Å². The van der Waals surface area contributed by atoms with Crippen LogP contribution in [0.5, 0.6) is 11.5 Å². The molecule has 128 valence electrons. The lowest BCUT2D eigenvalue weighted by molar-refractivity contribution is 0.284. The van der Waals surface area contributed by atoms with Crippen LogP contribution in [0.2, 0.25) is 0 Å². The molecule has 0 fully saturated rings. The maximum atomic E-state index is 6.02. The normalized spacial score (nSPS) is 11.8. The first-order valence-electron chi connectivity index (χ1n) is 8.31. The van der Waals surface area contributed by atoms with Gasteiger partial charge in [0, 0.05) is 12.1 Å². The van der Waals surface area contributed by atoms with E-state index in [0.29, 0.717) is 24.7 Å². The molecule has 0 radical (unpaired) electrons. The van der Waals surface area contributed by atoms with Gasteiger partial charge in [-0.15, -0.1) is 0 Å². The van der Waals surface area contributed by atoms with E-state index in [2.05, 4.69) is 4.98 Å². The number of pyridine rings is 1. The van der Waals surface area contributed by atoms with Gasteiger partial charge < -0.3 is 15.2 Å². The monoisotopic (exact) mass is 334 g/mol. The van der Waals surface area contributed by atoms with Crippen molar-refractivity contribution in [1.82, 2.24) is 4.98 Å². The molecule has 25 heavy (non-hydrogen) atoms. The second kappa shape index (κ2) is 8.31. The van der Waals surface area contributed by atoms with E-state index in [1.54, 1.807) is 6.20 Å². The zero-order valence-electron chi connectivity index (χ0n) is 14.3. The molecule has 2 N–H and O–H groups in total. The molecular formula is C21H22N2O2. The first-order valence-corrected chi connectivity index (χ1v) is 8.31. The number of nitrogens with two attached hydrogens (primary N) is 1. The molecule has 0 bridgehead atoms. The molecule has 2 aromatic carbocycles. The average Bonchev–Trinajstić information content (AvgIpc) is 2.66. The number of aromatic nitrogens is 1. The predicted molar refractivity (Wildman–Crippen MR) is 98.4 cm³/mol. The highest BCUT2D eigenvalue weighted by Gasteiger charge is 2.12. The second-order valence-corrected chi connectivity index (χ2v) is 5.89. The van der Waals surface area contributed by atoms with Gasteiger partial charge in [0.1, 0.15) is 24.7 Å². The van der Waals surface area contributed by atoms with E-state index in [4.69, 9.17) is 15.2 Å². The molecule has 0 aliphatic heterocycles. The lowest BCUT2D eigenvalue weighted by Gasteiger charge is -2.15. The number of nitrogens with zero attached hydrogens (tertiary/aromatic N) is 1. The Balaban J connectivity index is 1.72. The third kappa shape index (κ3) is 4.81. The fourth-order valence-corrected chi connectivity index (χ4v) is 2.45. The van der Waals surface area contributed by atoms with Crippen molar-refractivity contribution in [3.05, 3.63) is 89.7 Å². The third-order valence-corrected chi connectivity index (χ3v) is 3.77. The van der Waals surface area contributed by atoms with Crippen LogP contribution in [-0.2, 0) is 13.2 Å². The SMILES string of the molecule is CC(N)c1ncc(OCc2ccccc2)cc1OCc1ccccc1. The lowest BCUT2D eigenvalue weighted by Crippen LogP contribution is -2.10. The molecule has 0 spiro atoms. The highest BCUT2D eigenvalue weighted by Crippen LogP contribution is 2.27. The van der Waals surface area contributed by atoms with Gasteiger partial charge in [0.25, 0.3) is 0 Å². The topological polar surface area (TPSA) is 57.4 Å². The summed E-state index contributed by atoms with van der Waals surface area (Å²) in [5.74, 6) is 1.32. The Labute approximate surface area is 148 Å². The lowest BCUT2D eigenvalue weighted by atomic mass is 10.2. The van der Waals surface area contributed by atoms with Crippen molar-refractivity contribution in [2.75, 3.05) is 0 Å². The van der Waals surface area contributed by atoms with Crippen molar-refractivity contribution >= 4 is 0 Å². The molecule has 4 nitrogen and oxygen atoms in total. The molecule has 3 rings (SSSR count). The van der Waals surface area contributed by atoms with E-state index >= 15 is 0 Å². The minimum Gasteiger partial charge on any atom is -0.487 e. The van der Waals surface area contributed by atoms with E-state index < -0.39 is 0 Å². The number of hydrogen-bond donors (Lipinski definition) is 1. The minimum atomic E-state index is -0.214. The molecule has 0 saturated heterocycles. The fraction of sp³-hybridized carbons (Fsp3) is 0.190. The summed E-state index contributed by atoms with van der Waals surface area (Å²) in [6.45, 7) is 2.84. The van der Waals surface area contributed by atoms with Crippen molar-refractivity contribution in [2.24, 2.45) is 5.73 Å². The molecule has 1 aromatic heterocycles. The van der Waals surface area contributed by atoms with Gasteiger partial charge in [0.15, 0.2) is 0 Å². The maximum absolute atomic E-state index is 6.02. The van der Waals surface area contributed by atoms with Gasteiger partial charge in [0.2, 0.25) is 0 Å². The largest absolute Gasteiger partial charge is 0.487 e. The molecule has 1 unspecified atom stereocenters. The summed E-state index contributed by atoms with van der Waals surface area (Å²) in [5, 5.41) is 0. The van der Waals surface area contributed by atoms with Crippen molar-refractivity contribution in [3.8, 4) is 11.5 Å². The van der Waals surface area contributed by atoms with Crippen LogP contribution in [0.4, 0.5) is 0 Å². The Hall–Kier alpha value is -2.85. The van der Waals surface area contributed by atoms with E-state index in [0.717, 1.165) is 16.8 Å². The first-order chi connectivity index (χ1) is 12.2. The van der Waals surface area contributed by atoms with Gasteiger partial charge >= 0.3 is 0 Å². The molecular weight excluding hydrogens is 312 g/mol. The van der Waals surface area contributed by atoms with Crippen molar-refractivity contribution in [1.29, 1.82) is 0 Å². The summed E-state index contributed by atoms with van der Waals surface area (Å²) in [5.41, 5.74) is 8.93. The molecule has 0 saturated carbocycles. The Morgan fingerprint density at radius 1 is 0.880 bits per heavy atom. The highest BCUT2D eigenvalue weighted by atomic mass is 16.5. The van der Waals surface area contributed by atoms with Gasteiger partial charge in [-0.1, -0.05) is 60.7 Å². The molecule has 1 atom stereocenters. The molecule has 0 aliphatic carbocycles. The van der Waals surface area contributed by atoms with Crippen LogP contribution in [0.1, 0.15) is 29.8 Å². The molecule has 4 heteroatoms. The highest BCUT2D eigenvalue weighted by molar-refractivity contribution is 5.37. The quantitative estimate of drug-likeness (QED) is 0.701. The Morgan fingerprint density at radius 2 is 1.44 bits per heavy atom. The second-order valence-electron chi connectivity index (χ2n) is 5.89. The Morgan fingerprint density at radius 3 is 2.00 bits per heavy atom. The predicted octanol–water partition coefficient (Wildman–Crippen LogP) is 4.26. The summed E-state index contributed by atoms with van der Waals surface area (Å²) >= 11 is 0. The van der Waals surface area contributed by atoms with Crippen LogP contribution in [-0.4, -0.2) is 4.98 Å².